The second-order valence-corrected chi connectivity index (χ2v) is 8.23. The molecule has 4 aromatic rings. The van der Waals surface area contributed by atoms with Crippen molar-refractivity contribution in [3.05, 3.63) is 96.4 Å². The van der Waals surface area contributed by atoms with Gasteiger partial charge in [-0.3, -0.25) is 0 Å². The van der Waals surface area contributed by atoms with Gasteiger partial charge in [-0.2, -0.15) is 0 Å². The van der Waals surface area contributed by atoms with Gasteiger partial charge in [0.05, 0.1) is 4.90 Å². The summed E-state index contributed by atoms with van der Waals surface area (Å²) >= 11 is 0. The average Bonchev–Trinajstić information content (AvgIpc) is 3.16. The van der Waals surface area contributed by atoms with Gasteiger partial charge in [-0.1, -0.05) is 48.5 Å². The van der Waals surface area contributed by atoms with E-state index in [1.54, 1.807) is 30.3 Å². The summed E-state index contributed by atoms with van der Waals surface area (Å²) in [6.07, 6.45) is 0. The Kier molecular flexibility index (Phi) is 4.71. The van der Waals surface area contributed by atoms with Crippen molar-refractivity contribution in [3.63, 3.8) is 0 Å². The molecule has 0 N–H and O–H groups in total. The number of carbonyl (C=O) groups is 1. The van der Waals surface area contributed by atoms with Crippen LogP contribution in [-0.2, 0) is 15.6 Å². The Bertz CT molecular complexity index is 1240. The third-order valence-corrected chi connectivity index (χ3v) is 5.88. The molecule has 0 aliphatic carbocycles. The molecule has 0 unspecified atom stereocenters. The Morgan fingerprint density at radius 1 is 0.821 bits per heavy atom. The van der Waals surface area contributed by atoms with Crippen LogP contribution >= 0.6 is 0 Å². The lowest BCUT2D eigenvalue weighted by atomic mass is 10.1. The molecule has 0 aliphatic heterocycles. The zero-order chi connectivity index (χ0) is 19.6. The van der Waals surface area contributed by atoms with Gasteiger partial charge in [0.15, 0.2) is 9.84 Å². The molecule has 0 saturated carbocycles. The molecular formula is C22H16O5S. The minimum atomic E-state index is -3.55. The third-order valence-electron chi connectivity index (χ3n) is 4.23. The molecule has 0 aliphatic rings. The Hall–Kier alpha value is -3.38. The number of esters is 1. The maximum atomic E-state index is 12.4. The van der Waals surface area contributed by atoms with Gasteiger partial charge in [0, 0.05) is 0 Å². The van der Waals surface area contributed by atoms with Crippen LogP contribution in [0.3, 0.4) is 0 Å². The van der Waals surface area contributed by atoms with Crippen LogP contribution in [0, 0.1) is 0 Å². The Balaban J connectivity index is 1.49. The third kappa shape index (κ3) is 3.82. The minimum absolute atomic E-state index is 0.0496. The first-order chi connectivity index (χ1) is 13.5. The summed E-state index contributed by atoms with van der Waals surface area (Å²) in [4.78, 5) is 12.5. The second kappa shape index (κ2) is 7.32. The molecule has 0 saturated heterocycles. The maximum Gasteiger partial charge on any atom is 0.379 e. The summed E-state index contributed by atoms with van der Waals surface area (Å²) in [5.41, 5.74) is 0. The van der Waals surface area contributed by atoms with Gasteiger partial charge in [-0.05, 0) is 47.2 Å². The summed E-state index contributed by atoms with van der Waals surface area (Å²) in [7, 11) is -3.55. The molecule has 3 aromatic carbocycles. The lowest BCUT2D eigenvalue weighted by Gasteiger charge is -2.04. The van der Waals surface area contributed by atoms with Crippen molar-refractivity contribution in [2.24, 2.45) is 0 Å². The van der Waals surface area contributed by atoms with Crippen molar-refractivity contribution < 1.29 is 22.4 Å². The lowest BCUT2D eigenvalue weighted by molar-refractivity contribution is 0.0700. The molecule has 0 bridgehead atoms. The first-order valence-electron chi connectivity index (χ1n) is 8.59. The van der Waals surface area contributed by atoms with E-state index >= 15 is 0 Å². The van der Waals surface area contributed by atoms with Gasteiger partial charge in [-0.15, -0.1) is 0 Å². The van der Waals surface area contributed by atoms with Gasteiger partial charge in [0.2, 0.25) is 5.76 Å². The SMILES string of the molecule is O=C(Oc1ccc2ccccc2c1)c1ccc(CS(=O)(=O)c2ccccc2)o1. The van der Waals surface area contributed by atoms with E-state index < -0.39 is 15.8 Å². The minimum Gasteiger partial charge on any atom is -0.453 e. The van der Waals surface area contributed by atoms with Gasteiger partial charge in [0.25, 0.3) is 0 Å². The molecule has 5 nitrogen and oxygen atoms in total. The van der Waals surface area contributed by atoms with Crippen LogP contribution < -0.4 is 4.74 Å². The fourth-order valence-corrected chi connectivity index (χ4v) is 4.12. The molecular weight excluding hydrogens is 376 g/mol. The first-order valence-corrected chi connectivity index (χ1v) is 10.2. The van der Waals surface area contributed by atoms with E-state index in [0.29, 0.717) is 5.75 Å². The van der Waals surface area contributed by atoms with Crippen molar-refractivity contribution >= 4 is 26.6 Å². The van der Waals surface area contributed by atoms with Gasteiger partial charge < -0.3 is 9.15 Å². The zero-order valence-electron chi connectivity index (χ0n) is 14.7. The molecule has 4 rings (SSSR count). The summed E-state index contributed by atoms with van der Waals surface area (Å²) in [6.45, 7) is 0. The van der Waals surface area contributed by atoms with Crippen molar-refractivity contribution in [1.29, 1.82) is 0 Å². The number of hydrogen-bond donors (Lipinski definition) is 0. The molecule has 0 amide bonds. The van der Waals surface area contributed by atoms with Crippen LogP contribution in [0.4, 0.5) is 0 Å². The van der Waals surface area contributed by atoms with E-state index in [9.17, 15) is 13.2 Å². The van der Waals surface area contributed by atoms with Crippen molar-refractivity contribution in [3.8, 4) is 5.75 Å². The standard InChI is InChI=1S/C22H16O5S/c23-22(27-18-11-10-16-6-4-5-7-17(16)14-18)21-13-12-19(26-21)15-28(24,25)20-8-2-1-3-9-20/h1-14H,15H2. The topological polar surface area (TPSA) is 73.6 Å². The van der Waals surface area contributed by atoms with Gasteiger partial charge in [-0.25, -0.2) is 13.2 Å². The molecule has 1 heterocycles. The second-order valence-electron chi connectivity index (χ2n) is 6.24. The van der Waals surface area contributed by atoms with Crippen molar-refractivity contribution in [1.82, 2.24) is 0 Å². The Morgan fingerprint density at radius 2 is 1.54 bits per heavy atom. The van der Waals surface area contributed by atoms with Crippen LogP contribution in [0.1, 0.15) is 16.3 Å². The highest BCUT2D eigenvalue weighted by Crippen LogP contribution is 2.23. The molecule has 140 valence electrons. The van der Waals surface area contributed by atoms with E-state index in [2.05, 4.69) is 0 Å². The Labute approximate surface area is 162 Å². The Morgan fingerprint density at radius 3 is 2.32 bits per heavy atom. The van der Waals surface area contributed by atoms with Crippen LogP contribution in [0.15, 0.2) is 94.2 Å². The van der Waals surface area contributed by atoms with Crippen LogP contribution in [0.5, 0.6) is 5.75 Å². The van der Waals surface area contributed by atoms with Gasteiger partial charge in [0.1, 0.15) is 17.3 Å². The van der Waals surface area contributed by atoms with E-state index in [1.165, 1.54) is 24.3 Å². The molecule has 1 aromatic heterocycles. The quantitative estimate of drug-likeness (QED) is 0.366. The van der Waals surface area contributed by atoms with Crippen molar-refractivity contribution in [2.45, 2.75) is 10.6 Å². The number of hydrogen-bond acceptors (Lipinski definition) is 5. The average molecular weight is 392 g/mol. The van der Waals surface area contributed by atoms with E-state index in [0.717, 1.165) is 10.8 Å². The summed E-state index contributed by atoms with van der Waals surface area (Å²) in [6, 6.07) is 24.0. The molecule has 0 atom stereocenters. The molecule has 28 heavy (non-hydrogen) atoms. The summed E-state index contributed by atoms with van der Waals surface area (Å²) in [5.74, 6) is -0.502. The first kappa shape index (κ1) is 18.0. The molecule has 0 spiro atoms. The number of carbonyl (C=O) groups excluding carboxylic acids is 1. The van der Waals surface area contributed by atoms with Crippen LogP contribution in [0.25, 0.3) is 10.8 Å². The highest BCUT2D eigenvalue weighted by molar-refractivity contribution is 7.90. The number of benzene rings is 3. The lowest BCUT2D eigenvalue weighted by Crippen LogP contribution is -2.07. The van der Waals surface area contributed by atoms with E-state index in [1.807, 2.05) is 30.3 Å². The van der Waals surface area contributed by atoms with E-state index in [4.69, 9.17) is 9.15 Å². The maximum absolute atomic E-state index is 12.4. The number of furan rings is 1. The fraction of sp³-hybridized carbons (Fsp3) is 0.0455. The smallest absolute Gasteiger partial charge is 0.379 e. The normalized spacial score (nSPS) is 11.4. The van der Waals surface area contributed by atoms with Crippen molar-refractivity contribution in [2.75, 3.05) is 0 Å². The fourth-order valence-electron chi connectivity index (χ4n) is 2.85. The van der Waals surface area contributed by atoms with Crippen LogP contribution in [-0.4, -0.2) is 14.4 Å². The molecule has 6 heteroatoms. The van der Waals surface area contributed by atoms with E-state index in [-0.39, 0.29) is 22.2 Å². The number of fused-ring (bicyclic) bond motifs is 1. The number of rotatable bonds is 5. The van der Waals surface area contributed by atoms with Gasteiger partial charge >= 0.3 is 5.97 Å². The van der Waals surface area contributed by atoms with Crippen LogP contribution in [0.2, 0.25) is 0 Å². The predicted octanol–water partition coefficient (Wildman–Crippen LogP) is 4.63. The molecule has 0 radical (unpaired) electrons. The predicted molar refractivity (Wildman–Crippen MR) is 105 cm³/mol. The zero-order valence-corrected chi connectivity index (χ0v) is 15.6. The summed E-state index contributed by atoms with van der Waals surface area (Å²) < 4.78 is 35.6. The number of ether oxygens (including phenoxy) is 1. The largest absolute Gasteiger partial charge is 0.453 e. The molecule has 0 fully saturated rings. The monoisotopic (exact) mass is 392 g/mol. The highest BCUT2D eigenvalue weighted by atomic mass is 32.2. The highest BCUT2D eigenvalue weighted by Gasteiger charge is 2.20. The number of sulfone groups is 1. The summed E-state index contributed by atoms with van der Waals surface area (Å²) in [5, 5.41) is 1.98.